The number of hydrogen-bond donors (Lipinski definition) is 2. The second kappa shape index (κ2) is 7.21. The van der Waals surface area contributed by atoms with E-state index in [1.54, 1.807) is 0 Å². The zero-order valence-corrected chi connectivity index (χ0v) is 16.7. The molecule has 148 valence electrons. The van der Waals surface area contributed by atoms with Gasteiger partial charge in [-0.1, -0.05) is 30.3 Å². The highest BCUT2D eigenvalue weighted by Crippen LogP contribution is 2.42. The zero-order chi connectivity index (χ0) is 19.1. The van der Waals surface area contributed by atoms with Crippen LogP contribution in [-0.2, 0) is 17.6 Å². The van der Waals surface area contributed by atoms with Crippen molar-refractivity contribution in [3.63, 3.8) is 0 Å². The van der Waals surface area contributed by atoms with E-state index in [0.29, 0.717) is 17.5 Å². The van der Waals surface area contributed by atoms with Crippen molar-refractivity contribution >= 4 is 22.9 Å². The minimum Gasteiger partial charge on any atom is -0.611 e. The summed E-state index contributed by atoms with van der Waals surface area (Å²) < 4.78 is 12.5. The predicted molar refractivity (Wildman–Crippen MR) is 110 cm³/mol. The van der Waals surface area contributed by atoms with E-state index < -0.39 is 11.2 Å². The standard InChI is InChI=1S/C21H26N4O2S/c26-14-21(9-10-21)24-19-18-17(8-13-28(18)27)22-20(23-19)25-11-6-16(7-12-25)15-4-2-1-3-5-15/h1-5,16,26H,6-14H2,(H,22,23,24). The molecule has 0 spiro atoms. The van der Waals surface area contributed by atoms with Crippen molar-refractivity contribution < 1.29 is 9.66 Å². The molecule has 3 aliphatic rings. The van der Waals surface area contributed by atoms with E-state index >= 15 is 0 Å². The summed E-state index contributed by atoms with van der Waals surface area (Å²) in [7, 11) is 0. The molecule has 28 heavy (non-hydrogen) atoms. The number of benzene rings is 1. The molecule has 5 rings (SSSR count). The molecule has 1 saturated heterocycles. The molecule has 2 aromatic rings. The van der Waals surface area contributed by atoms with Crippen molar-refractivity contribution in [2.24, 2.45) is 0 Å². The molecule has 0 radical (unpaired) electrons. The lowest BCUT2D eigenvalue weighted by Crippen LogP contribution is -2.35. The van der Waals surface area contributed by atoms with Crippen molar-refractivity contribution in [1.29, 1.82) is 0 Å². The van der Waals surface area contributed by atoms with Crippen LogP contribution in [0.4, 0.5) is 11.8 Å². The van der Waals surface area contributed by atoms with E-state index in [1.165, 1.54) is 5.56 Å². The molecule has 7 heteroatoms. The summed E-state index contributed by atoms with van der Waals surface area (Å²) in [5.74, 6) is 2.61. The average molecular weight is 399 g/mol. The van der Waals surface area contributed by atoms with Crippen LogP contribution in [0, 0.1) is 0 Å². The largest absolute Gasteiger partial charge is 0.611 e. The summed E-state index contributed by atoms with van der Waals surface area (Å²) >= 11 is -1.05. The Morgan fingerprint density at radius 2 is 1.93 bits per heavy atom. The molecule has 1 aliphatic carbocycles. The number of aliphatic hydroxyl groups excluding tert-OH is 1. The van der Waals surface area contributed by atoms with Gasteiger partial charge >= 0.3 is 0 Å². The van der Waals surface area contributed by atoms with E-state index in [2.05, 4.69) is 40.5 Å². The number of piperidine rings is 1. The van der Waals surface area contributed by atoms with Gasteiger partial charge in [0.2, 0.25) is 10.8 Å². The number of hydrogen-bond acceptors (Lipinski definition) is 6. The highest BCUT2D eigenvalue weighted by Gasteiger charge is 2.45. The fourth-order valence-electron chi connectivity index (χ4n) is 4.27. The maximum atomic E-state index is 12.5. The lowest BCUT2D eigenvalue weighted by atomic mass is 9.90. The Hall–Kier alpha value is -1.83. The van der Waals surface area contributed by atoms with Crippen LogP contribution >= 0.6 is 0 Å². The molecule has 1 aromatic carbocycles. The summed E-state index contributed by atoms with van der Waals surface area (Å²) in [6.45, 7) is 1.92. The third-order valence-corrected chi connectivity index (χ3v) is 7.72. The van der Waals surface area contributed by atoms with Crippen molar-refractivity contribution in [3.8, 4) is 0 Å². The monoisotopic (exact) mass is 398 g/mol. The quantitative estimate of drug-likeness (QED) is 0.753. The Morgan fingerprint density at radius 3 is 2.61 bits per heavy atom. The van der Waals surface area contributed by atoms with Gasteiger partial charge in [0.15, 0.2) is 5.82 Å². The molecule has 2 N–H and O–H groups in total. The van der Waals surface area contributed by atoms with Crippen molar-refractivity contribution in [2.75, 3.05) is 35.7 Å². The second-order valence-electron chi connectivity index (χ2n) is 8.18. The Morgan fingerprint density at radius 1 is 1.18 bits per heavy atom. The highest BCUT2D eigenvalue weighted by molar-refractivity contribution is 7.91. The normalized spacial score (nSPS) is 23.5. The van der Waals surface area contributed by atoms with Gasteiger partial charge in [-0.3, -0.25) is 0 Å². The topological polar surface area (TPSA) is 84.3 Å². The Labute approximate surface area is 168 Å². The molecule has 1 saturated carbocycles. The molecule has 1 atom stereocenters. The minimum absolute atomic E-state index is 0.0796. The van der Waals surface area contributed by atoms with Crippen molar-refractivity contribution in [3.05, 3.63) is 41.6 Å². The molecule has 3 heterocycles. The SMILES string of the molecule is [O-][S+]1CCc2nc(N3CCC(c4ccccc4)CC3)nc(NC3(CO)CC3)c21. The van der Waals surface area contributed by atoms with Gasteiger partial charge in [0.25, 0.3) is 0 Å². The van der Waals surface area contributed by atoms with Crippen LogP contribution in [0.5, 0.6) is 0 Å². The molecular weight excluding hydrogens is 372 g/mol. The average Bonchev–Trinajstić information content (AvgIpc) is 3.42. The Bertz CT molecular complexity index is 851. The van der Waals surface area contributed by atoms with Crippen molar-refractivity contribution in [2.45, 2.75) is 48.5 Å². The van der Waals surface area contributed by atoms with Gasteiger partial charge < -0.3 is 19.9 Å². The zero-order valence-electron chi connectivity index (χ0n) is 15.9. The number of aliphatic hydroxyl groups is 1. The van der Waals surface area contributed by atoms with Crippen LogP contribution in [0.15, 0.2) is 35.2 Å². The predicted octanol–water partition coefficient (Wildman–Crippen LogP) is 2.46. The maximum Gasteiger partial charge on any atom is 0.227 e. The maximum absolute atomic E-state index is 12.5. The number of aromatic nitrogens is 2. The lowest BCUT2D eigenvalue weighted by molar-refractivity contribution is 0.265. The fourth-order valence-corrected chi connectivity index (χ4v) is 5.58. The van der Waals surface area contributed by atoms with Crippen LogP contribution in [-0.4, -0.2) is 50.6 Å². The van der Waals surface area contributed by atoms with Crippen LogP contribution < -0.4 is 10.2 Å². The first kappa shape index (κ1) is 18.2. The van der Waals surface area contributed by atoms with E-state index in [1.807, 2.05) is 0 Å². The van der Waals surface area contributed by atoms with E-state index in [9.17, 15) is 9.66 Å². The molecule has 1 unspecified atom stereocenters. The van der Waals surface area contributed by atoms with Gasteiger partial charge in [-0.15, -0.1) is 0 Å². The summed E-state index contributed by atoms with van der Waals surface area (Å²) in [4.78, 5) is 12.6. The number of nitrogens with zero attached hydrogens (tertiary/aromatic N) is 3. The van der Waals surface area contributed by atoms with Crippen molar-refractivity contribution in [1.82, 2.24) is 9.97 Å². The van der Waals surface area contributed by atoms with Gasteiger partial charge in [0.05, 0.1) is 12.1 Å². The molecular formula is C21H26N4O2S. The van der Waals surface area contributed by atoms with Crippen LogP contribution in [0.3, 0.4) is 0 Å². The molecule has 1 aromatic heterocycles. The first-order valence-electron chi connectivity index (χ1n) is 10.2. The number of anilines is 2. The smallest absolute Gasteiger partial charge is 0.227 e. The van der Waals surface area contributed by atoms with E-state index in [0.717, 1.165) is 61.7 Å². The Balaban J connectivity index is 1.37. The first-order chi connectivity index (χ1) is 13.7. The number of nitrogens with one attached hydrogen (secondary N) is 1. The number of aryl methyl sites for hydroxylation is 1. The molecule has 0 bridgehead atoms. The van der Waals surface area contributed by atoms with Gasteiger partial charge in [-0.25, -0.2) is 4.98 Å². The van der Waals surface area contributed by atoms with E-state index in [-0.39, 0.29) is 12.1 Å². The molecule has 0 amide bonds. The van der Waals surface area contributed by atoms with Gasteiger partial charge in [-0.05, 0) is 48.3 Å². The Kier molecular flexibility index (Phi) is 4.69. The summed E-state index contributed by atoms with van der Waals surface area (Å²) in [5, 5.41) is 13.1. The number of rotatable bonds is 5. The molecule has 2 aliphatic heterocycles. The minimum atomic E-state index is -1.05. The molecule has 2 fully saturated rings. The van der Waals surface area contributed by atoms with Gasteiger partial charge in [-0.2, -0.15) is 4.98 Å². The van der Waals surface area contributed by atoms with Crippen LogP contribution in [0.2, 0.25) is 0 Å². The fraction of sp³-hybridized carbons (Fsp3) is 0.524. The summed E-state index contributed by atoms with van der Waals surface area (Å²) in [5.41, 5.74) is 2.03. The third kappa shape index (κ3) is 3.36. The van der Waals surface area contributed by atoms with Gasteiger partial charge in [0.1, 0.15) is 11.4 Å². The highest BCUT2D eigenvalue weighted by atomic mass is 32.2. The van der Waals surface area contributed by atoms with E-state index in [4.69, 9.17) is 9.97 Å². The number of fused-ring (bicyclic) bond motifs is 1. The third-order valence-electron chi connectivity index (χ3n) is 6.26. The van der Waals surface area contributed by atoms with Crippen LogP contribution in [0.1, 0.15) is 42.9 Å². The second-order valence-corrected chi connectivity index (χ2v) is 9.69. The first-order valence-corrected chi connectivity index (χ1v) is 11.5. The summed E-state index contributed by atoms with van der Waals surface area (Å²) in [6.07, 6.45) is 4.75. The molecule has 6 nitrogen and oxygen atoms in total. The van der Waals surface area contributed by atoms with Gasteiger partial charge in [0, 0.05) is 19.5 Å². The lowest BCUT2D eigenvalue weighted by Gasteiger charge is -2.32. The van der Waals surface area contributed by atoms with Crippen LogP contribution in [0.25, 0.3) is 0 Å². The summed E-state index contributed by atoms with van der Waals surface area (Å²) in [6, 6.07) is 10.7.